The van der Waals surface area contributed by atoms with Gasteiger partial charge in [-0.2, -0.15) is 0 Å². The second-order valence-corrected chi connectivity index (χ2v) is 10.7. The quantitative estimate of drug-likeness (QED) is 0.315. The molecule has 36 heavy (non-hydrogen) atoms. The van der Waals surface area contributed by atoms with Crippen LogP contribution in [0.3, 0.4) is 0 Å². The van der Waals surface area contributed by atoms with Crippen molar-refractivity contribution in [1.29, 1.82) is 0 Å². The first-order chi connectivity index (χ1) is 16.2. The van der Waals surface area contributed by atoms with Gasteiger partial charge in [-0.1, -0.05) is 48.3 Å². The van der Waals surface area contributed by atoms with Crippen molar-refractivity contribution in [1.82, 2.24) is 9.80 Å². The van der Waals surface area contributed by atoms with E-state index in [-0.39, 0.29) is 48.4 Å². The Hall–Kier alpha value is -1.08. The molecule has 2 aromatic carbocycles. The molecule has 0 saturated carbocycles. The van der Waals surface area contributed by atoms with Crippen LogP contribution in [0.5, 0.6) is 0 Å². The van der Waals surface area contributed by atoms with E-state index in [1.54, 1.807) is 11.0 Å². The zero-order chi connectivity index (χ0) is 24.8. The van der Waals surface area contributed by atoms with Gasteiger partial charge in [-0.25, -0.2) is 4.39 Å². The monoisotopic (exact) mass is 579 g/mol. The molecule has 0 bridgehead atoms. The summed E-state index contributed by atoms with van der Waals surface area (Å²) in [5, 5.41) is 0.992. The number of piperidine rings is 1. The van der Waals surface area contributed by atoms with Crippen molar-refractivity contribution in [3.8, 4) is 0 Å². The lowest BCUT2D eigenvalue weighted by Crippen LogP contribution is -2.45. The number of halogens is 5. The molecule has 1 aliphatic heterocycles. The molecular formula is C27H38Cl4FN3O. The van der Waals surface area contributed by atoms with Crippen LogP contribution < -0.4 is 4.90 Å². The third kappa shape index (κ3) is 9.04. The van der Waals surface area contributed by atoms with E-state index >= 15 is 0 Å². The smallest absolute Gasteiger partial charge is 0.229 e. The van der Waals surface area contributed by atoms with E-state index < -0.39 is 0 Å². The lowest BCUT2D eigenvalue weighted by molar-refractivity contribution is -0.124. The van der Waals surface area contributed by atoms with Crippen LogP contribution in [0, 0.1) is 17.7 Å². The van der Waals surface area contributed by atoms with Crippen LogP contribution >= 0.6 is 48.0 Å². The lowest BCUT2D eigenvalue weighted by Gasteiger charge is -2.37. The normalized spacial score (nSPS) is 17.8. The summed E-state index contributed by atoms with van der Waals surface area (Å²) in [6.07, 6.45) is 3.17. The summed E-state index contributed by atoms with van der Waals surface area (Å²) in [4.78, 5) is 19.3. The molecule has 1 aliphatic rings. The van der Waals surface area contributed by atoms with E-state index in [1.807, 2.05) is 31.2 Å². The van der Waals surface area contributed by atoms with Gasteiger partial charge in [0.2, 0.25) is 5.91 Å². The average molecular weight is 581 g/mol. The number of hydrogen-bond donors (Lipinski definition) is 0. The summed E-state index contributed by atoms with van der Waals surface area (Å²) in [5.41, 5.74) is 2.32. The summed E-state index contributed by atoms with van der Waals surface area (Å²) < 4.78 is 14.2. The molecule has 202 valence electrons. The van der Waals surface area contributed by atoms with Crippen LogP contribution in [0.1, 0.15) is 30.9 Å². The van der Waals surface area contributed by atoms with Crippen LogP contribution in [0.2, 0.25) is 10.0 Å². The molecule has 4 nitrogen and oxygen atoms in total. The Bertz CT molecular complexity index is 968. The van der Waals surface area contributed by atoms with E-state index in [2.05, 4.69) is 30.9 Å². The number of anilines is 1. The average Bonchev–Trinajstić information content (AvgIpc) is 2.76. The number of rotatable bonds is 10. The number of amides is 1. The Morgan fingerprint density at radius 3 is 2.28 bits per heavy atom. The summed E-state index contributed by atoms with van der Waals surface area (Å²) >= 11 is 13.4. The van der Waals surface area contributed by atoms with Crippen molar-refractivity contribution in [3.05, 3.63) is 63.4 Å². The number of benzene rings is 2. The minimum atomic E-state index is -0.202. The number of hydrogen-bond acceptors (Lipinski definition) is 3. The Balaban J connectivity index is 0.00000324. The Kier molecular flexibility index (Phi) is 14.1. The molecule has 1 fully saturated rings. The summed E-state index contributed by atoms with van der Waals surface area (Å²) in [6.45, 7) is 5.45. The van der Waals surface area contributed by atoms with Crippen molar-refractivity contribution in [2.75, 3.05) is 52.2 Å². The molecule has 0 aromatic heterocycles. The maximum Gasteiger partial charge on any atom is 0.229 e. The van der Waals surface area contributed by atoms with Crippen molar-refractivity contribution in [2.45, 2.75) is 32.6 Å². The Morgan fingerprint density at radius 1 is 1.03 bits per heavy atom. The molecule has 0 radical (unpaired) electrons. The SMILES string of the molecule is C[C@@H]1C[C@H](Cc2ccccc2F)CN(c2c(Cl)cc(CCCN(C)CCN(C)C)cc2Cl)C1=O.Cl.Cl. The van der Waals surface area contributed by atoms with Gasteiger partial charge >= 0.3 is 0 Å². The fraction of sp³-hybridized carbons (Fsp3) is 0.519. The molecular weight excluding hydrogens is 543 g/mol. The molecule has 2 aromatic rings. The van der Waals surface area contributed by atoms with E-state index in [0.29, 0.717) is 34.3 Å². The highest BCUT2D eigenvalue weighted by atomic mass is 35.5. The van der Waals surface area contributed by atoms with Gasteiger partial charge in [-0.15, -0.1) is 24.8 Å². The standard InChI is InChI=1S/C27H36Cl2FN3O.2ClH/c1-19-14-21(15-22-9-5-6-10-25(22)30)18-33(27(19)34)26-23(28)16-20(17-24(26)29)8-7-11-32(4)13-12-31(2)3;;/h5-6,9-10,16-17,19,21H,7-8,11-15,18H2,1-4H3;2*1H/t19-,21-;;/m1../s1. The van der Waals surface area contributed by atoms with E-state index in [4.69, 9.17) is 23.2 Å². The van der Waals surface area contributed by atoms with Crippen molar-refractivity contribution in [2.24, 2.45) is 11.8 Å². The summed E-state index contributed by atoms with van der Waals surface area (Å²) in [7, 11) is 6.29. The molecule has 0 spiro atoms. The number of carbonyl (C=O) groups is 1. The van der Waals surface area contributed by atoms with Gasteiger partial charge in [0, 0.05) is 25.6 Å². The molecule has 1 amide bonds. The Morgan fingerprint density at radius 2 is 1.67 bits per heavy atom. The number of likely N-dealkylation sites (N-methyl/N-ethyl adjacent to an activating group) is 2. The minimum Gasteiger partial charge on any atom is -0.309 e. The third-order valence-corrected chi connectivity index (χ3v) is 7.14. The van der Waals surface area contributed by atoms with Gasteiger partial charge in [0.05, 0.1) is 15.7 Å². The topological polar surface area (TPSA) is 26.8 Å². The molecule has 2 atom stereocenters. The second kappa shape index (κ2) is 15.4. The number of carbonyl (C=O) groups excluding carboxylic acids is 1. The van der Waals surface area contributed by atoms with Crippen LogP contribution in [0.15, 0.2) is 36.4 Å². The fourth-order valence-corrected chi connectivity index (χ4v) is 5.41. The van der Waals surface area contributed by atoms with E-state index in [0.717, 1.165) is 44.5 Å². The molecule has 0 aliphatic carbocycles. The molecule has 9 heteroatoms. The first-order valence-electron chi connectivity index (χ1n) is 12.0. The minimum absolute atomic E-state index is 0. The molecule has 0 N–H and O–H groups in total. The second-order valence-electron chi connectivity index (χ2n) is 9.87. The first-order valence-corrected chi connectivity index (χ1v) is 12.8. The Labute approximate surface area is 237 Å². The zero-order valence-electron chi connectivity index (χ0n) is 21.5. The molecule has 1 saturated heterocycles. The number of aryl methyl sites for hydroxylation is 1. The zero-order valence-corrected chi connectivity index (χ0v) is 24.6. The van der Waals surface area contributed by atoms with Crippen LogP contribution in [-0.4, -0.2) is 63.0 Å². The van der Waals surface area contributed by atoms with Crippen molar-refractivity contribution in [3.63, 3.8) is 0 Å². The predicted octanol–water partition coefficient (Wildman–Crippen LogP) is 6.63. The summed E-state index contributed by atoms with van der Waals surface area (Å²) in [6, 6.07) is 10.7. The largest absolute Gasteiger partial charge is 0.309 e. The maximum atomic E-state index is 14.2. The van der Waals surface area contributed by atoms with E-state index in [1.165, 1.54) is 6.07 Å². The fourth-order valence-electron chi connectivity index (χ4n) is 4.67. The highest BCUT2D eigenvalue weighted by molar-refractivity contribution is 6.40. The van der Waals surface area contributed by atoms with Gasteiger partial charge in [-0.3, -0.25) is 4.79 Å². The molecule has 3 rings (SSSR count). The van der Waals surface area contributed by atoms with Crippen molar-refractivity contribution < 1.29 is 9.18 Å². The number of nitrogens with zero attached hydrogens (tertiary/aromatic N) is 3. The first kappa shape index (κ1) is 32.9. The van der Waals surface area contributed by atoms with Crippen LogP contribution in [0.4, 0.5) is 10.1 Å². The van der Waals surface area contributed by atoms with Crippen LogP contribution in [-0.2, 0) is 17.6 Å². The van der Waals surface area contributed by atoms with Crippen molar-refractivity contribution >= 4 is 59.6 Å². The van der Waals surface area contributed by atoms with Gasteiger partial charge in [0.1, 0.15) is 5.82 Å². The van der Waals surface area contributed by atoms with Gasteiger partial charge in [0.15, 0.2) is 0 Å². The highest BCUT2D eigenvalue weighted by Gasteiger charge is 2.34. The van der Waals surface area contributed by atoms with E-state index in [9.17, 15) is 9.18 Å². The highest BCUT2D eigenvalue weighted by Crippen LogP contribution is 2.39. The van der Waals surface area contributed by atoms with Gasteiger partial charge < -0.3 is 14.7 Å². The molecule has 0 unspecified atom stereocenters. The summed E-state index contributed by atoms with van der Waals surface area (Å²) in [5.74, 6) is -0.223. The molecule has 1 heterocycles. The third-order valence-electron chi connectivity index (χ3n) is 6.56. The van der Waals surface area contributed by atoms with Gasteiger partial charge in [-0.05, 0) is 88.6 Å². The van der Waals surface area contributed by atoms with Gasteiger partial charge in [0.25, 0.3) is 0 Å². The maximum absolute atomic E-state index is 14.2. The predicted molar refractivity (Wildman–Crippen MR) is 155 cm³/mol. The lowest BCUT2D eigenvalue weighted by atomic mass is 9.85. The van der Waals surface area contributed by atoms with Crippen LogP contribution in [0.25, 0.3) is 0 Å².